The van der Waals surface area contributed by atoms with E-state index in [2.05, 4.69) is 0 Å². The molecule has 0 bridgehead atoms. The molecule has 0 fully saturated rings. The Bertz CT molecular complexity index is 386. The molecule has 4 heteroatoms. The number of ether oxygens (including phenoxy) is 1. The number of aromatic hydroxyl groups is 1. The van der Waals surface area contributed by atoms with Crippen molar-refractivity contribution in [2.75, 3.05) is 0 Å². The van der Waals surface area contributed by atoms with Crippen LogP contribution in [0.15, 0.2) is 18.2 Å². The van der Waals surface area contributed by atoms with Crippen molar-refractivity contribution in [3.8, 4) is 11.5 Å². The van der Waals surface area contributed by atoms with Crippen LogP contribution in [0.3, 0.4) is 0 Å². The van der Waals surface area contributed by atoms with Gasteiger partial charge in [0, 0.05) is 0 Å². The van der Waals surface area contributed by atoms with Crippen molar-refractivity contribution in [3.05, 3.63) is 23.8 Å². The van der Waals surface area contributed by atoms with Crippen LogP contribution < -0.4 is 4.74 Å². The molecule has 0 saturated heterocycles. The summed E-state index contributed by atoms with van der Waals surface area (Å²) in [6.45, 7) is 1.61. The summed E-state index contributed by atoms with van der Waals surface area (Å²) in [6, 6.07) is 4.57. The van der Waals surface area contributed by atoms with Crippen LogP contribution in [0.5, 0.6) is 11.5 Å². The number of carbonyl (C=O) groups is 1. The Balaban J connectivity index is 2.57. The molecule has 2 N–H and O–H groups in total. The number of hydrogen-bond acceptors (Lipinski definition) is 4. The van der Waals surface area contributed by atoms with Crippen LogP contribution in [0.2, 0.25) is 0 Å². The normalized spacial score (nSPS) is 25.4. The van der Waals surface area contributed by atoms with E-state index in [1.165, 1.54) is 6.07 Å². The highest BCUT2D eigenvalue weighted by Gasteiger charge is 2.34. The van der Waals surface area contributed by atoms with E-state index >= 15 is 0 Å². The SMILES string of the molecule is C[C@H]1Oc2cccc(O)c2C(=O)[C@@H]1O. The summed E-state index contributed by atoms with van der Waals surface area (Å²) in [5.41, 5.74) is 0.0677. The Morgan fingerprint density at radius 1 is 1.43 bits per heavy atom. The van der Waals surface area contributed by atoms with E-state index < -0.39 is 18.0 Å². The first kappa shape index (κ1) is 9.02. The lowest BCUT2D eigenvalue weighted by molar-refractivity contribution is 0.0286. The Kier molecular flexibility index (Phi) is 1.93. The van der Waals surface area contributed by atoms with Crippen molar-refractivity contribution in [2.24, 2.45) is 0 Å². The molecule has 0 unspecified atom stereocenters. The van der Waals surface area contributed by atoms with Gasteiger partial charge in [-0.25, -0.2) is 0 Å². The third-order valence-electron chi connectivity index (χ3n) is 2.28. The molecule has 0 spiro atoms. The van der Waals surface area contributed by atoms with Crippen molar-refractivity contribution < 1.29 is 19.7 Å². The van der Waals surface area contributed by atoms with Gasteiger partial charge in [-0.2, -0.15) is 0 Å². The first-order valence-electron chi connectivity index (χ1n) is 4.32. The zero-order chi connectivity index (χ0) is 10.3. The van der Waals surface area contributed by atoms with Crippen LogP contribution in [0.1, 0.15) is 17.3 Å². The molecule has 2 rings (SSSR count). The number of fused-ring (bicyclic) bond motifs is 1. The summed E-state index contributed by atoms with van der Waals surface area (Å²) in [6.07, 6.45) is -1.77. The third kappa shape index (κ3) is 1.15. The fourth-order valence-corrected chi connectivity index (χ4v) is 1.49. The average molecular weight is 194 g/mol. The number of aliphatic hydroxyl groups excluding tert-OH is 1. The van der Waals surface area contributed by atoms with Gasteiger partial charge in [0.05, 0.1) is 0 Å². The van der Waals surface area contributed by atoms with E-state index in [0.717, 1.165) is 0 Å². The quantitative estimate of drug-likeness (QED) is 0.638. The maximum absolute atomic E-state index is 11.6. The molecule has 1 aromatic carbocycles. The van der Waals surface area contributed by atoms with Gasteiger partial charge in [-0.1, -0.05) is 6.07 Å². The smallest absolute Gasteiger partial charge is 0.202 e. The van der Waals surface area contributed by atoms with Crippen molar-refractivity contribution in [1.82, 2.24) is 0 Å². The summed E-state index contributed by atoms with van der Waals surface area (Å²) in [5, 5.41) is 18.9. The second kappa shape index (κ2) is 2.99. The first-order chi connectivity index (χ1) is 6.61. The largest absolute Gasteiger partial charge is 0.507 e. The van der Waals surface area contributed by atoms with Gasteiger partial charge >= 0.3 is 0 Å². The number of Topliss-reactive ketones (excluding diaryl/α,β-unsaturated/α-hetero) is 1. The standard InChI is InChI=1S/C10H10O4/c1-5-9(12)10(13)8-6(11)3-2-4-7(8)14-5/h2-5,9,11-12H,1H3/t5-,9-/m1/s1. The van der Waals surface area contributed by atoms with Crippen LogP contribution >= 0.6 is 0 Å². The van der Waals surface area contributed by atoms with E-state index in [1.807, 2.05) is 0 Å². The van der Waals surface area contributed by atoms with E-state index in [1.54, 1.807) is 19.1 Å². The Morgan fingerprint density at radius 2 is 2.14 bits per heavy atom. The first-order valence-corrected chi connectivity index (χ1v) is 4.32. The van der Waals surface area contributed by atoms with Crippen molar-refractivity contribution >= 4 is 5.78 Å². The molecule has 1 heterocycles. The van der Waals surface area contributed by atoms with Gasteiger partial charge in [0.2, 0.25) is 5.78 Å². The predicted octanol–water partition coefficient (Wildman–Crippen LogP) is 0.717. The van der Waals surface area contributed by atoms with E-state index in [4.69, 9.17) is 4.74 Å². The molecule has 0 saturated carbocycles. The molecule has 1 aliphatic heterocycles. The van der Waals surface area contributed by atoms with E-state index in [0.29, 0.717) is 5.75 Å². The van der Waals surface area contributed by atoms with Gasteiger partial charge in [-0.05, 0) is 19.1 Å². The topological polar surface area (TPSA) is 66.8 Å². The highest BCUT2D eigenvalue weighted by molar-refractivity contribution is 6.05. The number of phenols is 1. The lowest BCUT2D eigenvalue weighted by atomic mass is 9.98. The Hall–Kier alpha value is -1.55. The van der Waals surface area contributed by atoms with E-state index in [-0.39, 0.29) is 11.3 Å². The van der Waals surface area contributed by atoms with Gasteiger partial charge in [0.1, 0.15) is 23.2 Å². The second-order valence-corrected chi connectivity index (χ2v) is 3.28. The maximum Gasteiger partial charge on any atom is 0.202 e. The molecule has 4 nitrogen and oxygen atoms in total. The molecular formula is C10H10O4. The minimum atomic E-state index is -1.20. The molecule has 1 aromatic rings. The van der Waals surface area contributed by atoms with Crippen LogP contribution in [0.25, 0.3) is 0 Å². The Labute approximate surface area is 80.7 Å². The highest BCUT2D eigenvalue weighted by Crippen LogP contribution is 2.33. The van der Waals surface area contributed by atoms with Gasteiger partial charge in [-0.15, -0.1) is 0 Å². The number of rotatable bonds is 0. The van der Waals surface area contributed by atoms with Crippen LogP contribution in [0.4, 0.5) is 0 Å². The number of carbonyl (C=O) groups excluding carboxylic acids is 1. The number of phenolic OH excluding ortho intramolecular Hbond substituents is 1. The minimum absolute atomic E-state index is 0.0677. The minimum Gasteiger partial charge on any atom is -0.507 e. The van der Waals surface area contributed by atoms with Gasteiger partial charge < -0.3 is 14.9 Å². The van der Waals surface area contributed by atoms with Crippen molar-refractivity contribution in [1.29, 1.82) is 0 Å². The van der Waals surface area contributed by atoms with Gasteiger partial charge in [-0.3, -0.25) is 4.79 Å². The van der Waals surface area contributed by atoms with Crippen LogP contribution in [-0.2, 0) is 0 Å². The van der Waals surface area contributed by atoms with Crippen LogP contribution in [-0.4, -0.2) is 28.2 Å². The maximum atomic E-state index is 11.6. The predicted molar refractivity (Wildman–Crippen MR) is 48.5 cm³/mol. The zero-order valence-corrected chi connectivity index (χ0v) is 7.60. The summed E-state index contributed by atoms with van der Waals surface area (Å²) in [5.74, 6) is -0.317. The third-order valence-corrected chi connectivity index (χ3v) is 2.28. The second-order valence-electron chi connectivity index (χ2n) is 3.28. The molecular weight excluding hydrogens is 184 g/mol. The lowest BCUT2D eigenvalue weighted by Crippen LogP contribution is -2.40. The van der Waals surface area contributed by atoms with Crippen molar-refractivity contribution in [3.63, 3.8) is 0 Å². The number of hydrogen-bond donors (Lipinski definition) is 2. The summed E-state index contributed by atoms with van der Waals surface area (Å²) in [7, 11) is 0. The zero-order valence-electron chi connectivity index (χ0n) is 7.60. The molecule has 2 atom stereocenters. The lowest BCUT2D eigenvalue weighted by Gasteiger charge is -2.26. The fraction of sp³-hybridized carbons (Fsp3) is 0.300. The molecule has 1 aliphatic rings. The molecule has 0 radical (unpaired) electrons. The summed E-state index contributed by atoms with van der Waals surface area (Å²) in [4.78, 5) is 11.6. The van der Waals surface area contributed by atoms with Crippen LogP contribution in [0, 0.1) is 0 Å². The Morgan fingerprint density at radius 3 is 2.86 bits per heavy atom. The summed E-state index contributed by atoms with van der Waals surface area (Å²) < 4.78 is 5.26. The molecule has 0 aliphatic carbocycles. The molecule has 0 amide bonds. The molecule has 14 heavy (non-hydrogen) atoms. The van der Waals surface area contributed by atoms with Gasteiger partial charge in [0.15, 0.2) is 6.10 Å². The molecule has 0 aromatic heterocycles. The number of benzene rings is 1. The fourth-order valence-electron chi connectivity index (χ4n) is 1.49. The summed E-state index contributed by atoms with van der Waals surface area (Å²) >= 11 is 0. The number of aliphatic hydroxyl groups is 1. The van der Waals surface area contributed by atoms with E-state index in [9.17, 15) is 15.0 Å². The number of ketones is 1. The van der Waals surface area contributed by atoms with Crippen molar-refractivity contribution in [2.45, 2.75) is 19.1 Å². The monoisotopic (exact) mass is 194 g/mol. The average Bonchev–Trinajstić information content (AvgIpc) is 2.14. The highest BCUT2D eigenvalue weighted by atomic mass is 16.5. The molecule has 74 valence electrons. The van der Waals surface area contributed by atoms with Gasteiger partial charge in [0.25, 0.3) is 0 Å².